The molecule has 0 bridgehead atoms. The number of hydrazone groups is 1. The summed E-state index contributed by atoms with van der Waals surface area (Å²) in [6.07, 6.45) is 1.65. The van der Waals surface area contributed by atoms with Crippen molar-refractivity contribution < 1.29 is 4.79 Å². The van der Waals surface area contributed by atoms with Crippen molar-refractivity contribution in [1.29, 1.82) is 0 Å². The highest BCUT2D eigenvalue weighted by Crippen LogP contribution is 2.21. The molecule has 27 heavy (non-hydrogen) atoms. The van der Waals surface area contributed by atoms with Gasteiger partial charge in [0.1, 0.15) is 0 Å². The molecular formula is C23H25N3O. The molecule has 138 valence electrons. The van der Waals surface area contributed by atoms with Crippen LogP contribution in [-0.2, 0) is 10.2 Å². The Kier molecular flexibility index (Phi) is 5.55. The van der Waals surface area contributed by atoms with Crippen LogP contribution in [-0.4, -0.2) is 18.7 Å². The molecule has 0 aliphatic carbocycles. The van der Waals surface area contributed by atoms with Gasteiger partial charge in [-0.1, -0.05) is 75.4 Å². The number of rotatable bonds is 5. The third-order valence-corrected chi connectivity index (χ3v) is 4.38. The van der Waals surface area contributed by atoms with E-state index >= 15 is 0 Å². The summed E-state index contributed by atoms with van der Waals surface area (Å²) in [5.74, 6) is -0.189. The topological polar surface area (TPSA) is 53.5 Å². The highest BCUT2D eigenvalue weighted by atomic mass is 16.2. The third-order valence-electron chi connectivity index (χ3n) is 4.38. The summed E-state index contributed by atoms with van der Waals surface area (Å²) in [5, 5.41) is 9.47. The van der Waals surface area contributed by atoms with Crippen LogP contribution in [0.2, 0.25) is 0 Å². The molecule has 3 aromatic rings. The van der Waals surface area contributed by atoms with Gasteiger partial charge in [0, 0.05) is 5.69 Å². The van der Waals surface area contributed by atoms with Gasteiger partial charge in [0.25, 0.3) is 5.91 Å². The van der Waals surface area contributed by atoms with Crippen LogP contribution in [0.25, 0.3) is 10.8 Å². The van der Waals surface area contributed by atoms with Gasteiger partial charge in [0.15, 0.2) is 0 Å². The van der Waals surface area contributed by atoms with Crippen molar-refractivity contribution in [1.82, 2.24) is 5.43 Å². The molecule has 0 unspecified atom stereocenters. The highest BCUT2D eigenvalue weighted by molar-refractivity contribution is 5.87. The summed E-state index contributed by atoms with van der Waals surface area (Å²) >= 11 is 0. The van der Waals surface area contributed by atoms with Crippen molar-refractivity contribution in [2.24, 2.45) is 5.10 Å². The Balaban J connectivity index is 1.50. The zero-order valence-electron chi connectivity index (χ0n) is 16.0. The molecule has 0 aromatic heterocycles. The molecule has 2 N–H and O–H groups in total. The number of anilines is 1. The van der Waals surface area contributed by atoms with Crippen molar-refractivity contribution in [3.63, 3.8) is 0 Å². The second-order valence-corrected chi connectivity index (χ2v) is 7.58. The van der Waals surface area contributed by atoms with E-state index in [4.69, 9.17) is 0 Å². The van der Waals surface area contributed by atoms with Crippen LogP contribution in [0.5, 0.6) is 0 Å². The Hall–Kier alpha value is -3.14. The maximum atomic E-state index is 12.0. The Morgan fingerprint density at radius 2 is 1.67 bits per heavy atom. The lowest BCUT2D eigenvalue weighted by molar-refractivity contribution is -0.119. The van der Waals surface area contributed by atoms with Gasteiger partial charge in [-0.05, 0) is 39.4 Å². The number of hydrogen-bond donors (Lipinski definition) is 2. The van der Waals surface area contributed by atoms with Crippen LogP contribution in [0.3, 0.4) is 0 Å². The lowest BCUT2D eigenvalue weighted by atomic mass is 9.87. The molecule has 0 aliphatic heterocycles. The number of nitrogens with zero attached hydrogens (tertiary/aromatic N) is 1. The molecule has 0 saturated heterocycles. The van der Waals surface area contributed by atoms with E-state index in [0.717, 1.165) is 16.6 Å². The first-order chi connectivity index (χ1) is 12.9. The molecule has 1 amide bonds. The lowest BCUT2D eigenvalue weighted by Crippen LogP contribution is -2.25. The second-order valence-electron chi connectivity index (χ2n) is 7.58. The zero-order chi connectivity index (χ0) is 19.3. The van der Waals surface area contributed by atoms with Crippen LogP contribution in [0.1, 0.15) is 31.9 Å². The number of carbonyl (C=O) groups excluding carboxylic acids is 1. The molecule has 0 atom stereocenters. The summed E-state index contributed by atoms with van der Waals surface area (Å²) in [6, 6.07) is 22.3. The fourth-order valence-electron chi connectivity index (χ4n) is 2.77. The minimum absolute atomic E-state index is 0.123. The van der Waals surface area contributed by atoms with Crippen molar-refractivity contribution >= 4 is 28.6 Å². The largest absolute Gasteiger partial charge is 0.376 e. The Labute approximate surface area is 160 Å². The number of hydrogen-bond acceptors (Lipinski definition) is 3. The summed E-state index contributed by atoms with van der Waals surface area (Å²) < 4.78 is 0. The highest BCUT2D eigenvalue weighted by Gasteiger charge is 2.12. The van der Waals surface area contributed by atoms with Gasteiger partial charge in [-0.3, -0.25) is 4.79 Å². The Bertz CT molecular complexity index is 953. The molecule has 4 nitrogen and oxygen atoms in total. The van der Waals surface area contributed by atoms with E-state index in [2.05, 4.69) is 60.9 Å². The summed E-state index contributed by atoms with van der Waals surface area (Å²) in [7, 11) is 0. The first-order valence-electron chi connectivity index (χ1n) is 9.07. The second kappa shape index (κ2) is 8.04. The maximum Gasteiger partial charge on any atom is 0.259 e. The molecule has 3 rings (SSSR count). The molecule has 0 radical (unpaired) electrons. The number of amides is 1. The van der Waals surface area contributed by atoms with Crippen molar-refractivity contribution in [2.45, 2.75) is 26.2 Å². The van der Waals surface area contributed by atoms with Gasteiger partial charge in [0.05, 0.1) is 12.8 Å². The number of nitrogens with one attached hydrogen (secondary N) is 2. The quantitative estimate of drug-likeness (QED) is 0.512. The van der Waals surface area contributed by atoms with Gasteiger partial charge >= 0.3 is 0 Å². The molecular weight excluding hydrogens is 334 g/mol. The zero-order valence-corrected chi connectivity index (χ0v) is 16.0. The van der Waals surface area contributed by atoms with Gasteiger partial charge in [0.2, 0.25) is 0 Å². The van der Waals surface area contributed by atoms with Crippen LogP contribution >= 0.6 is 0 Å². The van der Waals surface area contributed by atoms with E-state index in [-0.39, 0.29) is 17.9 Å². The van der Waals surface area contributed by atoms with Crippen LogP contribution in [0, 0.1) is 0 Å². The standard InChI is InChI=1S/C23H25N3O/c1-23(2,3)20-11-8-17(9-12-20)15-25-26-22(27)16-24-21-13-10-18-6-4-5-7-19(18)14-21/h4-15,24H,16H2,1-3H3,(H,26,27)/b25-15+. The Morgan fingerprint density at radius 1 is 0.963 bits per heavy atom. The van der Waals surface area contributed by atoms with Crippen molar-refractivity contribution in [2.75, 3.05) is 11.9 Å². The minimum atomic E-state index is -0.189. The fourth-order valence-corrected chi connectivity index (χ4v) is 2.77. The van der Waals surface area contributed by atoms with Crippen LogP contribution in [0.4, 0.5) is 5.69 Å². The number of carbonyl (C=O) groups is 1. The van der Waals surface area contributed by atoms with Crippen molar-refractivity contribution in [3.05, 3.63) is 77.9 Å². The van der Waals surface area contributed by atoms with Gasteiger partial charge in [-0.25, -0.2) is 5.43 Å². The fraction of sp³-hybridized carbons (Fsp3) is 0.217. The third kappa shape index (κ3) is 5.17. The number of benzene rings is 3. The first-order valence-corrected chi connectivity index (χ1v) is 9.07. The van der Waals surface area contributed by atoms with E-state index in [0.29, 0.717) is 0 Å². The average molecular weight is 359 g/mol. The van der Waals surface area contributed by atoms with Gasteiger partial charge in [-0.15, -0.1) is 0 Å². The summed E-state index contributed by atoms with van der Waals surface area (Å²) in [6.45, 7) is 6.70. The monoisotopic (exact) mass is 359 g/mol. The SMILES string of the molecule is CC(C)(C)c1ccc(/C=N/NC(=O)CNc2ccc3ccccc3c2)cc1. The van der Waals surface area contributed by atoms with Crippen molar-refractivity contribution in [3.8, 4) is 0 Å². The van der Waals surface area contributed by atoms with E-state index in [1.165, 1.54) is 10.9 Å². The molecule has 4 heteroatoms. The van der Waals surface area contributed by atoms with E-state index < -0.39 is 0 Å². The minimum Gasteiger partial charge on any atom is -0.376 e. The summed E-state index contributed by atoms with van der Waals surface area (Å²) in [5.41, 5.74) is 5.80. The summed E-state index contributed by atoms with van der Waals surface area (Å²) in [4.78, 5) is 12.0. The molecule has 0 spiro atoms. The average Bonchev–Trinajstić information content (AvgIpc) is 2.66. The molecule has 0 heterocycles. The van der Waals surface area contributed by atoms with Crippen LogP contribution < -0.4 is 10.7 Å². The molecule has 3 aromatic carbocycles. The van der Waals surface area contributed by atoms with E-state index in [1.54, 1.807) is 6.21 Å². The molecule has 0 fully saturated rings. The predicted octanol–water partition coefficient (Wildman–Crippen LogP) is 4.70. The Morgan fingerprint density at radius 3 is 2.37 bits per heavy atom. The molecule has 0 aliphatic rings. The van der Waals surface area contributed by atoms with E-state index in [9.17, 15) is 4.79 Å². The predicted molar refractivity (Wildman–Crippen MR) is 113 cm³/mol. The van der Waals surface area contributed by atoms with Gasteiger partial charge in [-0.2, -0.15) is 5.10 Å². The van der Waals surface area contributed by atoms with Crippen LogP contribution in [0.15, 0.2) is 71.8 Å². The molecule has 0 saturated carbocycles. The van der Waals surface area contributed by atoms with Gasteiger partial charge < -0.3 is 5.32 Å². The maximum absolute atomic E-state index is 12.0. The normalized spacial score (nSPS) is 11.7. The lowest BCUT2D eigenvalue weighted by Gasteiger charge is -2.18. The number of fused-ring (bicyclic) bond motifs is 1. The smallest absolute Gasteiger partial charge is 0.259 e. The van der Waals surface area contributed by atoms with E-state index in [1.807, 2.05) is 42.5 Å². The first kappa shape index (κ1) is 18.6.